The predicted molar refractivity (Wildman–Crippen MR) is 171 cm³/mol. The Bertz CT molecular complexity index is 486. The normalized spacial score (nSPS) is 10.9. The largest absolute Gasteiger partial charge is 0.394 e. The van der Waals surface area contributed by atoms with Crippen LogP contribution in [0.1, 0.15) is 13.8 Å². The number of rotatable bonds is 26. The molecule has 2 unspecified atom stereocenters. The Hall–Kier alpha value is -1.78. The van der Waals surface area contributed by atoms with E-state index in [1.54, 1.807) is 37.3 Å². The van der Waals surface area contributed by atoms with Gasteiger partial charge < -0.3 is 58.7 Å². The molecule has 0 aliphatic carbocycles. The van der Waals surface area contributed by atoms with Crippen LogP contribution in [0, 0.1) is 0 Å². The molecule has 0 fully saturated rings. The number of hydrogen-bond donors (Lipinski definition) is 5. The number of ether oxygens (including phenoxy) is 7. The van der Waals surface area contributed by atoms with Crippen molar-refractivity contribution in [2.45, 2.75) is 26.1 Å². The quantitative estimate of drug-likeness (QED) is 0.0698. The molecule has 0 saturated carbocycles. The summed E-state index contributed by atoms with van der Waals surface area (Å²) in [6.07, 6.45) is 7.98. The van der Waals surface area contributed by atoms with Crippen LogP contribution < -0.4 is 0 Å². The zero-order valence-electron chi connectivity index (χ0n) is 26.7. The van der Waals surface area contributed by atoms with Gasteiger partial charge in [0.1, 0.15) is 0 Å². The highest BCUT2D eigenvalue weighted by Gasteiger charge is 1.99. The summed E-state index contributed by atoms with van der Waals surface area (Å²) in [6, 6.07) is 0. The molecule has 2 atom stereocenters. The molecule has 0 rings (SSSR count). The molecule has 0 aromatic rings. The molecule has 12 heteroatoms. The van der Waals surface area contributed by atoms with E-state index in [-0.39, 0.29) is 32.5 Å². The lowest BCUT2D eigenvalue weighted by molar-refractivity contribution is -0.0123. The van der Waals surface area contributed by atoms with Gasteiger partial charge >= 0.3 is 0 Å². The van der Waals surface area contributed by atoms with Gasteiger partial charge in [0, 0.05) is 0 Å². The first-order valence-electron chi connectivity index (χ1n) is 14.1. The maximum Gasteiger partial charge on any atom is 0.0781 e. The Kier molecular flexibility index (Phi) is 66.3. The maximum absolute atomic E-state index is 8.77. The van der Waals surface area contributed by atoms with Gasteiger partial charge in [0.15, 0.2) is 0 Å². The fraction of sp³-hybridized carbons (Fsp3) is 0.677. The minimum atomic E-state index is -0.394. The molecule has 0 saturated heterocycles. The summed E-state index contributed by atoms with van der Waals surface area (Å²) in [5.74, 6) is 0. The molecule has 0 amide bonds. The van der Waals surface area contributed by atoms with Crippen molar-refractivity contribution in [1.29, 1.82) is 0 Å². The van der Waals surface area contributed by atoms with Crippen molar-refractivity contribution in [2.75, 3.05) is 112 Å². The zero-order chi connectivity index (χ0) is 33.7. The highest BCUT2D eigenvalue weighted by atomic mass is 16.5. The zero-order valence-corrected chi connectivity index (χ0v) is 26.7. The first-order valence-corrected chi connectivity index (χ1v) is 14.1. The van der Waals surface area contributed by atoms with Crippen LogP contribution in [-0.4, -0.2) is 150 Å². The summed E-state index contributed by atoms with van der Waals surface area (Å²) in [7, 11) is 0. The fourth-order valence-electron chi connectivity index (χ4n) is 1.85. The minimum Gasteiger partial charge on any atom is -0.394 e. The summed E-state index contributed by atoms with van der Waals surface area (Å²) in [5, 5.41) is 41.6. The van der Waals surface area contributed by atoms with E-state index in [0.29, 0.717) is 85.9 Å². The van der Waals surface area contributed by atoms with Crippen molar-refractivity contribution in [1.82, 2.24) is 0 Å². The molecule has 0 aliphatic rings. The van der Waals surface area contributed by atoms with Crippen molar-refractivity contribution in [3.05, 3.63) is 63.3 Å². The molecule has 0 radical (unpaired) electrons. The summed E-state index contributed by atoms with van der Waals surface area (Å²) in [4.78, 5) is 0. The summed E-state index contributed by atoms with van der Waals surface area (Å²) in [6.45, 7) is 27.5. The molecule has 258 valence electrons. The van der Waals surface area contributed by atoms with Crippen LogP contribution in [0.4, 0.5) is 0 Å². The topological polar surface area (TPSA) is 166 Å². The van der Waals surface area contributed by atoms with E-state index in [1.165, 1.54) is 0 Å². The monoisotopic (exact) mass is 626 g/mol. The van der Waals surface area contributed by atoms with Crippen LogP contribution in [0.25, 0.3) is 0 Å². The molecule has 0 heterocycles. The van der Waals surface area contributed by atoms with Gasteiger partial charge in [-0.3, -0.25) is 0 Å². The second-order valence-electron chi connectivity index (χ2n) is 7.78. The Morgan fingerprint density at radius 3 is 1.12 bits per heavy atom. The van der Waals surface area contributed by atoms with Crippen LogP contribution >= 0.6 is 0 Å². The van der Waals surface area contributed by atoms with E-state index in [9.17, 15) is 0 Å². The fourth-order valence-corrected chi connectivity index (χ4v) is 1.85. The van der Waals surface area contributed by atoms with Crippen molar-refractivity contribution >= 4 is 0 Å². The van der Waals surface area contributed by atoms with Crippen LogP contribution in [-0.2, 0) is 33.2 Å². The van der Waals surface area contributed by atoms with Gasteiger partial charge in [0.2, 0.25) is 0 Å². The van der Waals surface area contributed by atoms with Crippen LogP contribution in [0.3, 0.4) is 0 Å². The Morgan fingerprint density at radius 2 is 0.791 bits per heavy atom. The third-order valence-electron chi connectivity index (χ3n) is 3.46. The van der Waals surface area contributed by atoms with E-state index < -0.39 is 6.10 Å². The minimum absolute atomic E-state index is 0.0436. The molecule has 12 nitrogen and oxygen atoms in total. The second kappa shape index (κ2) is 56.1. The predicted octanol–water partition coefficient (Wildman–Crippen LogP) is 1.72. The Balaban J connectivity index is -0.000000142. The average molecular weight is 627 g/mol. The SMILES string of the molecule is C=CCOCC(C)OCCO.C=CCOCCO.C=CCOCCO.C=CCOCCO.C=CCOCCOCC(C)O. The molecular formula is C31H62O12. The average Bonchev–Trinajstić information content (AvgIpc) is 3.00. The lowest BCUT2D eigenvalue weighted by Crippen LogP contribution is -2.17. The molecule has 0 bridgehead atoms. The standard InChI is InChI=1S/2C8H16O3.3C5H10O2/c1-3-5-10-7-8(2)11-6-4-9;1-3-4-10-5-6-11-7-8(2)9;3*1-2-4-7-5-3-6/h2*3,8-9H,1,4-7H2,2H3;3*2,6H,1,3-5H2. The third kappa shape index (κ3) is 79.3. The van der Waals surface area contributed by atoms with Crippen molar-refractivity contribution < 1.29 is 58.7 Å². The lowest BCUT2D eigenvalue weighted by atomic mass is 10.4. The highest BCUT2D eigenvalue weighted by molar-refractivity contribution is 4.65. The van der Waals surface area contributed by atoms with Gasteiger partial charge in [-0.1, -0.05) is 30.4 Å². The number of aliphatic hydroxyl groups is 5. The third-order valence-corrected chi connectivity index (χ3v) is 3.46. The van der Waals surface area contributed by atoms with Crippen molar-refractivity contribution in [3.63, 3.8) is 0 Å². The lowest BCUT2D eigenvalue weighted by Gasteiger charge is -2.11. The summed E-state index contributed by atoms with van der Waals surface area (Å²) >= 11 is 0. The van der Waals surface area contributed by atoms with E-state index in [4.69, 9.17) is 58.7 Å². The molecule has 0 aliphatic heterocycles. The smallest absolute Gasteiger partial charge is 0.0781 e. The molecule has 0 spiro atoms. The van der Waals surface area contributed by atoms with Gasteiger partial charge in [-0.15, -0.1) is 32.9 Å². The number of hydrogen-bond acceptors (Lipinski definition) is 12. The van der Waals surface area contributed by atoms with E-state index in [2.05, 4.69) is 32.9 Å². The Labute approximate surface area is 260 Å². The molecule has 0 aromatic carbocycles. The first kappa shape index (κ1) is 50.8. The van der Waals surface area contributed by atoms with Crippen LogP contribution in [0.15, 0.2) is 63.3 Å². The van der Waals surface area contributed by atoms with Gasteiger partial charge in [-0.25, -0.2) is 0 Å². The molecule has 5 N–H and O–H groups in total. The van der Waals surface area contributed by atoms with Crippen LogP contribution in [0.5, 0.6) is 0 Å². The van der Waals surface area contributed by atoms with Crippen LogP contribution in [0.2, 0.25) is 0 Å². The molecule has 0 aromatic heterocycles. The van der Waals surface area contributed by atoms with Crippen molar-refractivity contribution in [2.24, 2.45) is 0 Å². The molecule has 43 heavy (non-hydrogen) atoms. The van der Waals surface area contributed by atoms with Gasteiger partial charge in [0.05, 0.1) is 125 Å². The molecular weight excluding hydrogens is 564 g/mol. The van der Waals surface area contributed by atoms with E-state index in [1.807, 2.05) is 6.92 Å². The highest BCUT2D eigenvalue weighted by Crippen LogP contribution is 1.91. The van der Waals surface area contributed by atoms with Gasteiger partial charge in [-0.2, -0.15) is 0 Å². The second-order valence-corrected chi connectivity index (χ2v) is 7.78. The summed E-state index contributed by atoms with van der Waals surface area (Å²) < 4.78 is 34.6. The van der Waals surface area contributed by atoms with E-state index >= 15 is 0 Å². The first-order chi connectivity index (χ1) is 20.8. The maximum atomic E-state index is 8.77. The summed E-state index contributed by atoms with van der Waals surface area (Å²) in [5.41, 5.74) is 0. The van der Waals surface area contributed by atoms with Gasteiger partial charge in [-0.05, 0) is 13.8 Å². The van der Waals surface area contributed by atoms with Gasteiger partial charge in [0.25, 0.3) is 0 Å². The number of aliphatic hydroxyl groups excluding tert-OH is 5. The van der Waals surface area contributed by atoms with E-state index in [0.717, 1.165) is 0 Å². The Morgan fingerprint density at radius 1 is 0.465 bits per heavy atom. The van der Waals surface area contributed by atoms with Crippen molar-refractivity contribution in [3.8, 4) is 0 Å².